The second-order valence-electron chi connectivity index (χ2n) is 8.60. The minimum absolute atomic E-state index is 0.0353. The summed E-state index contributed by atoms with van der Waals surface area (Å²) in [7, 11) is -3.53. The van der Waals surface area contributed by atoms with Crippen LogP contribution in [0.25, 0.3) is 11.1 Å². The Morgan fingerprint density at radius 1 is 1.03 bits per heavy atom. The number of rotatable bonds is 3. The molecule has 32 heavy (non-hydrogen) atoms. The lowest BCUT2D eigenvalue weighted by Crippen LogP contribution is -2.43. The van der Waals surface area contributed by atoms with Crippen LogP contribution < -0.4 is 5.32 Å². The third kappa shape index (κ3) is 3.54. The number of carbonyl (C=O) groups excluding carboxylic acids is 1. The number of ether oxygens (including phenoxy) is 1. The Labute approximate surface area is 187 Å². The molecule has 2 aromatic carbocycles. The summed E-state index contributed by atoms with van der Waals surface area (Å²) >= 11 is 0. The van der Waals surface area contributed by atoms with Gasteiger partial charge >= 0.3 is 0 Å². The molecule has 166 valence electrons. The molecule has 9 heteroatoms. The molecular weight excluding hydrogens is 428 g/mol. The highest BCUT2D eigenvalue weighted by Gasteiger charge is 2.47. The molecule has 3 heterocycles. The molecule has 2 aromatic rings. The van der Waals surface area contributed by atoms with Crippen LogP contribution in [0.1, 0.15) is 12.0 Å². The zero-order valence-electron chi connectivity index (χ0n) is 17.6. The monoisotopic (exact) mass is 452 g/mol. The van der Waals surface area contributed by atoms with Crippen LogP contribution in [0.15, 0.2) is 47.4 Å². The van der Waals surface area contributed by atoms with Gasteiger partial charge in [-0.2, -0.15) is 9.57 Å². The number of sulfonamides is 1. The Morgan fingerprint density at radius 3 is 2.44 bits per heavy atom. The minimum atomic E-state index is -3.53. The number of nitriles is 1. The minimum Gasteiger partial charge on any atom is -0.379 e. The summed E-state index contributed by atoms with van der Waals surface area (Å²) in [6.07, 6.45) is 3.44. The number of hydrogen-bond donors (Lipinski definition) is 1. The molecule has 0 radical (unpaired) electrons. The van der Waals surface area contributed by atoms with E-state index >= 15 is 0 Å². The lowest BCUT2D eigenvalue weighted by molar-refractivity contribution is -0.125. The standard InChI is InChI=1S/C23H24N4O4S/c24-16-26-8-7-23(15-26)14-19-2-1-18(13-21(19)25-22(23)28)17-3-5-20(6-4-17)32(29,30)27-9-11-31-12-10-27/h1-6,13H,7-12,14-15H2,(H,25,28). The summed E-state index contributed by atoms with van der Waals surface area (Å²) < 4.78 is 32.4. The summed E-state index contributed by atoms with van der Waals surface area (Å²) in [5.74, 6) is -0.0353. The fraction of sp³-hybridized carbons (Fsp3) is 0.391. The van der Waals surface area contributed by atoms with Crippen LogP contribution in [0, 0.1) is 16.9 Å². The van der Waals surface area contributed by atoms with Gasteiger partial charge < -0.3 is 15.0 Å². The summed E-state index contributed by atoms with van der Waals surface area (Å²) in [6.45, 7) is 2.61. The van der Waals surface area contributed by atoms with Gasteiger partial charge in [-0.25, -0.2) is 8.42 Å². The molecule has 1 unspecified atom stereocenters. The molecule has 0 aliphatic carbocycles. The molecule has 8 nitrogen and oxygen atoms in total. The number of morpholine rings is 1. The van der Waals surface area contributed by atoms with Gasteiger partial charge in [0.05, 0.1) is 23.5 Å². The van der Waals surface area contributed by atoms with Crippen LogP contribution in [-0.2, 0) is 26.0 Å². The summed E-state index contributed by atoms with van der Waals surface area (Å²) in [4.78, 5) is 14.8. The van der Waals surface area contributed by atoms with Gasteiger partial charge in [0, 0.05) is 31.9 Å². The van der Waals surface area contributed by atoms with Gasteiger partial charge in [0.15, 0.2) is 6.19 Å². The van der Waals surface area contributed by atoms with Crippen LogP contribution in [0.4, 0.5) is 5.69 Å². The van der Waals surface area contributed by atoms with Crippen molar-refractivity contribution in [2.75, 3.05) is 44.7 Å². The first-order chi connectivity index (χ1) is 15.4. The highest BCUT2D eigenvalue weighted by molar-refractivity contribution is 7.89. The Kier molecular flexibility index (Phi) is 5.16. The van der Waals surface area contributed by atoms with Gasteiger partial charge in [-0.15, -0.1) is 0 Å². The predicted octanol–water partition coefficient (Wildman–Crippen LogP) is 2.04. The second kappa shape index (κ2) is 7.89. The summed E-state index contributed by atoms with van der Waals surface area (Å²) in [5.41, 5.74) is 3.07. The highest BCUT2D eigenvalue weighted by atomic mass is 32.2. The molecule has 1 amide bonds. The van der Waals surface area contributed by atoms with Gasteiger partial charge in [-0.1, -0.05) is 24.3 Å². The van der Waals surface area contributed by atoms with E-state index in [1.807, 2.05) is 18.2 Å². The summed E-state index contributed by atoms with van der Waals surface area (Å²) in [6, 6.07) is 12.8. The first-order valence-corrected chi connectivity index (χ1v) is 12.1. The molecule has 1 atom stereocenters. The van der Waals surface area contributed by atoms with Crippen LogP contribution in [0.3, 0.4) is 0 Å². The van der Waals surface area contributed by atoms with E-state index in [2.05, 4.69) is 11.5 Å². The molecule has 3 aliphatic rings. The van der Waals surface area contributed by atoms with E-state index in [9.17, 15) is 13.2 Å². The predicted molar refractivity (Wildman–Crippen MR) is 118 cm³/mol. The zero-order valence-corrected chi connectivity index (χ0v) is 18.4. The zero-order chi connectivity index (χ0) is 22.3. The van der Waals surface area contributed by atoms with Crippen molar-refractivity contribution in [3.05, 3.63) is 48.0 Å². The fourth-order valence-electron chi connectivity index (χ4n) is 4.77. The molecule has 5 rings (SSSR count). The maximum absolute atomic E-state index is 12.9. The van der Waals surface area contributed by atoms with Gasteiger partial charge in [0.25, 0.3) is 0 Å². The van der Waals surface area contributed by atoms with Crippen LogP contribution in [0.5, 0.6) is 0 Å². The number of likely N-dealkylation sites (tertiary alicyclic amines) is 1. The molecule has 2 saturated heterocycles. The van der Waals surface area contributed by atoms with Crippen LogP contribution >= 0.6 is 0 Å². The van der Waals surface area contributed by atoms with E-state index in [0.717, 1.165) is 22.4 Å². The number of carbonyl (C=O) groups is 1. The number of hydrogen-bond acceptors (Lipinski definition) is 6. The molecule has 3 aliphatic heterocycles. The van der Waals surface area contributed by atoms with Crippen LogP contribution in [-0.4, -0.2) is 62.9 Å². The van der Waals surface area contributed by atoms with E-state index in [-0.39, 0.29) is 10.8 Å². The first-order valence-electron chi connectivity index (χ1n) is 10.7. The van der Waals surface area contributed by atoms with E-state index in [1.165, 1.54) is 4.31 Å². The molecule has 0 saturated carbocycles. The number of benzene rings is 2. The number of nitrogens with one attached hydrogen (secondary N) is 1. The second-order valence-corrected chi connectivity index (χ2v) is 10.5. The third-order valence-corrected chi connectivity index (χ3v) is 8.57. The van der Waals surface area contributed by atoms with Gasteiger partial charge in [0.2, 0.25) is 15.9 Å². The van der Waals surface area contributed by atoms with Gasteiger partial charge in [-0.3, -0.25) is 4.79 Å². The van der Waals surface area contributed by atoms with Crippen LogP contribution in [0.2, 0.25) is 0 Å². The molecule has 1 spiro atoms. The average molecular weight is 453 g/mol. The van der Waals surface area contributed by atoms with E-state index in [4.69, 9.17) is 10.00 Å². The van der Waals surface area contributed by atoms with Crippen molar-refractivity contribution in [1.82, 2.24) is 9.21 Å². The SMILES string of the molecule is N#CN1CCC2(Cc3ccc(-c4ccc(S(=O)(=O)N5CCOCC5)cc4)cc3NC2=O)C1. The Balaban J connectivity index is 1.38. The van der Waals surface area contributed by atoms with Crippen molar-refractivity contribution >= 4 is 21.6 Å². The maximum atomic E-state index is 12.9. The quantitative estimate of drug-likeness (QED) is 0.715. The maximum Gasteiger partial charge on any atom is 0.243 e. The first kappa shape index (κ1) is 20.9. The van der Waals surface area contributed by atoms with Crippen molar-refractivity contribution in [3.8, 4) is 17.3 Å². The highest BCUT2D eigenvalue weighted by Crippen LogP contribution is 2.41. The van der Waals surface area contributed by atoms with Crippen molar-refractivity contribution in [2.45, 2.75) is 17.7 Å². The summed E-state index contributed by atoms with van der Waals surface area (Å²) in [5, 5.41) is 12.2. The Bertz CT molecular complexity index is 1200. The van der Waals surface area contributed by atoms with E-state index in [0.29, 0.717) is 52.2 Å². The topological polar surface area (TPSA) is 103 Å². The largest absolute Gasteiger partial charge is 0.379 e. The molecule has 0 aromatic heterocycles. The Morgan fingerprint density at radius 2 is 1.75 bits per heavy atom. The Hall–Kier alpha value is -2.93. The van der Waals surface area contributed by atoms with Crippen molar-refractivity contribution < 1.29 is 17.9 Å². The van der Waals surface area contributed by atoms with Gasteiger partial charge in [-0.05, 0) is 47.7 Å². The number of anilines is 1. The van der Waals surface area contributed by atoms with Gasteiger partial charge in [0.1, 0.15) is 0 Å². The normalized spacial score (nSPS) is 23.6. The van der Waals surface area contributed by atoms with Crippen molar-refractivity contribution in [1.29, 1.82) is 5.26 Å². The van der Waals surface area contributed by atoms with E-state index in [1.54, 1.807) is 29.2 Å². The number of fused-ring (bicyclic) bond motifs is 1. The third-order valence-electron chi connectivity index (χ3n) is 6.66. The van der Waals surface area contributed by atoms with Crippen molar-refractivity contribution in [3.63, 3.8) is 0 Å². The molecular formula is C23H24N4O4S. The molecule has 1 N–H and O–H groups in total. The fourth-order valence-corrected chi connectivity index (χ4v) is 6.18. The van der Waals surface area contributed by atoms with E-state index < -0.39 is 15.4 Å². The van der Waals surface area contributed by atoms with Crippen molar-refractivity contribution in [2.24, 2.45) is 5.41 Å². The number of amides is 1. The molecule has 0 bridgehead atoms. The average Bonchev–Trinajstić information content (AvgIpc) is 3.24. The lowest BCUT2D eigenvalue weighted by atomic mass is 9.76. The smallest absolute Gasteiger partial charge is 0.243 e. The molecule has 2 fully saturated rings. The lowest BCUT2D eigenvalue weighted by Gasteiger charge is -2.33. The number of nitrogens with zero attached hydrogens (tertiary/aromatic N) is 3.